The lowest BCUT2D eigenvalue weighted by atomic mass is 10.0. The van der Waals surface area contributed by atoms with E-state index in [1.54, 1.807) is 6.92 Å². The van der Waals surface area contributed by atoms with E-state index in [2.05, 4.69) is 0 Å². The zero-order valence-corrected chi connectivity index (χ0v) is 10.4. The fourth-order valence-corrected chi connectivity index (χ4v) is 2.69. The van der Waals surface area contributed by atoms with Crippen LogP contribution in [0, 0.1) is 0 Å². The van der Waals surface area contributed by atoms with Crippen molar-refractivity contribution >= 4 is 11.8 Å². The van der Waals surface area contributed by atoms with Crippen LogP contribution in [-0.2, 0) is 9.59 Å². The molecule has 0 aromatic rings. The zero-order valence-electron chi connectivity index (χ0n) is 10.4. The van der Waals surface area contributed by atoms with E-state index >= 15 is 0 Å². The average Bonchev–Trinajstić information content (AvgIpc) is 3.13. The molecule has 1 saturated carbocycles. The van der Waals surface area contributed by atoms with Crippen molar-refractivity contribution in [2.75, 3.05) is 19.6 Å². The van der Waals surface area contributed by atoms with E-state index in [-0.39, 0.29) is 18.4 Å². The standard InChI is InChI=1S/C12H21N3O2/c1-9(16)15(10-2-3-10)11-4-6-14(7-5-11)12(17)8-13/h10-11H,2-8,13H2,1H3. The van der Waals surface area contributed by atoms with Crippen LogP contribution in [0.1, 0.15) is 32.6 Å². The first-order chi connectivity index (χ1) is 8.13. The minimum absolute atomic E-state index is 0.0178. The highest BCUT2D eigenvalue weighted by atomic mass is 16.2. The van der Waals surface area contributed by atoms with Crippen molar-refractivity contribution in [2.24, 2.45) is 5.73 Å². The van der Waals surface area contributed by atoms with E-state index in [1.807, 2.05) is 9.80 Å². The number of hydrogen-bond acceptors (Lipinski definition) is 3. The molecule has 0 unspecified atom stereocenters. The van der Waals surface area contributed by atoms with Gasteiger partial charge in [0.15, 0.2) is 0 Å². The number of likely N-dealkylation sites (tertiary alicyclic amines) is 1. The Hall–Kier alpha value is -1.10. The minimum atomic E-state index is 0.0178. The molecule has 0 aromatic heterocycles. The normalized spacial score (nSPS) is 21.4. The number of nitrogens with zero attached hydrogens (tertiary/aromatic N) is 2. The molecule has 1 heterocycles. The molecule has 0 spiro atoms. The monoisotopic (exact) mass is 239 g/mol. The van der Waals surface area contributed by atoms with Crippen molar-refractivity contribution in [2.45, 2.75) is 44.7 Å². The van der Waals surface area contributed by atoms with Gasteiger partial charge in [0, 0.05) is 32.1 Å². The average molecular weight is 239 g/mol. The van der Waals surface area contributed by atoms with E-state index in [0.29, 0.717) is 12.1 Å². The maximum absolute atomic E-state index is 11.6. The van der Waals surface area contributed by atoms with Gasteiger partial charge in [-0.1, -0.05) is 0 Å². The largest absolute Gasteiger partial charge is 0.341 e. The molecule has 1 saturated heterocycles. The molecule has 0 bridgehead atoms. The number of amides is 2. The molecule has 1 aliphatic heterocycles. The van der Waals surface area contributed by atoms with Gasteiger partial charge in [-0.25, -0.2) is 0 Å². The molecule has 0 radical (unpaired) electrons. The summed E-state index contributed by atoms with van der Waals surface area (Å²) in [7, 11) is 0. The highest BCUT2D eigenvalue weighted by Crippen LogP contribution is 2.31. The molecule has 2 amide bonds. The van der Waals surface area contributed by atoms with Crippen LogP contribution in [0.2, 0.25) is 0 Å². The second kappa shape index (κ2) is 5.04. The number of carbonyl (C=O) groups is 2. The topological polar surface area (TPSA) is 66.6 Å². The van der Waals surface area contributed by atoms with Crippen molar-refractivity contribution in [3.05, 3.63) is 0 Å². The Morgan fingerprint density at radius 1 is 1.18 bits per heavy atom. The van der Waals surface area contributed by atoms with Crippen molar-refractivity contribution in [3.63, 3.8) is 0 Å². The molecule has 0 aromatic carbocycles. The molecule has 5 heteroatoms. The van der Waals surface area contributed by atoms with E-state index in [0.717, 1.165) is 38.8 Å². The molecule has 2 aliphatic rings. The molecule has 2 rings (SSSR count). The third-order valence-corrected chi connectivity index (χ3v) is 3.69. The molecular weight excluding hydrogens is 218 g/mol. The second-order valence-electron chi connectivity index (χ2n) is 4.97. The first-order valence-corrected chi connectivity index (χ1v) is 6.40. The Morgan fingerprint density at radius 3 is 2.12 bits per heavy atom. The summed E-state index contributed by atoms with van der Waals surface area (Å²) in [4.78, 5) is 26.9. The van der Waals surface area contributed by atoms with Gasteiger partial charge in [-0.3, -0.25) is 9.59 Å². The Balaban J connectivity index is 1.89. The predicted octanol–water partition coefficient (Wildman–Crippen LogP) is -0.0530. The van der Waals surface area contributed by atoms with Gasteiger partial charge in [0.25, 0.3) is 0 Å². The second-order valence-corrected chi connectivity index (χ2v) is 4.97. The van der Waals surface area contributed by atoms with Crippen LogP contribution in [0.4, 0.5) is 0 Å². The third-order valence-electron chi connectivity index (χ3n) is 3.69. The van der Waals surface area contributed by atoms with Gasteiger partial charge < -0.3 is 15.5 Å². The van der Waals surface area contributed by atoms with Crippen LogP contribution in [0.15, 0.2) is 0 Å². The van der Waals surface area contributed by atoms with Crippen molar-refractivity contribution in [3.8, 4) is 0 Å². The quantitative estimate of drug-likeness (QED) is 0.750. The Bertz CT molecular complexity index is 307. The lowest BCUT2D eigenvalue weighted by Crippen LogP contribution is -2.50. The van der Waals surface area contributed by atoms with Gasteiger partial charge in [-0.2, -0.15) is 0 Å². The van der Waals surface area contributed by atoms with Crippen molar-refractivity contribution in [1.82, 2.24) is 9.80 Å². The fraction of sp³-hybridized carbons (Fsp3) is 0.833. The maximum atomic E-state index is 11.6. The van der Waals surface area contributed by atoms with Gasteiger partial charge in [0.05, 0.1) is 6.54 Å². The van der Waals surface area contributed by atoms with E-state index in [9.17, 15) is 9.59 Å². The summed E-state index contributed by atoms with van der Waals surface area (Å²) in [5.74, 6) is 0.195. The molecule has 0 atom stereocenters. The fourth-order valence-electron chi connectivity index (χ4n) is 2.69. The Labute approximate surface area is 102 Å². The maximum Gasteiger partial charge on any atom is 0.236 e. The van der Waals surface area contributed by atoms with E-state index in [1.165, 1.54) is 0 Å². The zero-order chi connectivity index (χ0) is 12.4. The first kappa shape index (κ1) is 12.4. The summed E-state index contributed by atoms with van der Waals surface area (Å²) >= 11 is 0. The number of nitrogens with two attached hydrogens (primary N) is 1. The predicted molar refractivity (Wildman–Crippen MR) is 64.2 cm³/mol. The van der Waals surface area contributed by atoms with Crippen molar-refractivity contribution in [1.29, 1.82) is 0 Å². The SMILES string of the molecule is CC(=O)N(C1CC1)C1CCN(C(=O)CN)CC1. The van der Waals surface area contributed by atoms with Crippen LogP contribution in [0.5, 0.6) is 0 Å². The third kappa shape index (κ3) is 2.77. The van der Waals surface area contributed by atoms with Crippen LogP contribution >= 0.6 is 0 Å². The highest BCUT2D eigenvalue weighted by Gasteiger charge is 2.37. The molecule has 1 aliphatic carbocycles. The van der Waals surface area contributed by atoms with Crippen LogP contribution < -0.4 is 5.73 Å². The summed E-state index contributed by atoms with van der Waals surface area (Å²) < 4.78 is 0. The number of piperidine rings is 1. The Morgan fingerprint density at radius 2 is 1.71 bits per heavy atom. The summed E-state index contributed by atoms with van der Waals surface area (Å²) in [6, 6.07) is 0.788. The van der Waals surface area contributed by atoms with E-state index in [4.69, 9.17) is 5.73 Å². The molecular formula is C12H21N3O2. The minimum Gasteiger partial charge on any atom is -0.341 e. The Kier molecular flexibility index (Phi) is 3.66. The lowest BCUT2D eigenvalue weighted by Gasteiger charge is -2.38. The summed E-state index contributed by atoms with van der Waals surface area (Å²) in [6.07, 6.45) is 4.06. The van der Waals surface area contributed by atoms with Gasteiger partial charge in [-0.15, -0.1) is 0 Å². The van der Waals surface area contributed by atoms with Gasteiger partial charge in [-0.05, 0) is 25.7 Å². The van der Waals surface area contributed by atoms with E-state index < -0.39 is 0 Å². The molecule has 2 N–H and O–H groups in total. The van der Waals surface area contributed by atoms with Crippen LogP contribution in [-0.4, -0.2) is 53.3 Å². The highest BCUT2D eigenvalue weighted by molar-refractivity contribution is 5.78. The first-order valence-electron chi connectivity index (χ1n) is 6.40. The van der Waals surface area contributed by atoms with Crippen molar-refractivity contribution < 1.29 is 9.59 Å². The van der Waals surface area contributed by atoms with Gasteiger partial charge >= 0.3 is 0 Å². The van der Waals surface area contributed by atoms with Crippen LogP contribution in [0.3, 0.4) is 0 Å². The summed E-state index contributed by atoms with van der Waals surface area (Å²) in [5.41, 5.74) is 5.35. The molecule has 17 heavy (non-hydrogen) atoms. The number of rotatable bonds is 3. The number of carbonyl (C=O) groups excluding carboxylic acids is 2. The lowest BCUT2D eigenvalue weighted by molar-refractivity contribution is -0.135. The van der Waals surface area contributed by atoms with Gasteiger partial charge in [0.1, 0.15) is 0 Å². The molecule has 2 fully saturated rings. The molecule has 96 valence electrons. The van der Waals surface area contributed by atoms with Crippen LogP contribution in [0.25, 0.3) is 0 Å². The molecule has 5 nitrogen and oxygen atoms in total. The van der Waals surface area contributed by atoms with Gasteiger partial charge in [0.2, 0.25) is 11.8 Å². The summed E-state index contributed by atoms with van der Waals surface area (Å²) in [6.45, 7) is 3.20. The summed E-state index contributed by atoms with van der Waals surface area (Å²) in [5, 5.41) is 0. The number of hydrogen-bond donors (Lipinski definition) is 1. The smallest absolute Gasteiger partial charge is 0.236 e.